The molecule has 1 unspecified atom stereocenters. The normalized spacial score (nSPS) is 12.2. The standard InChI is InChI=1S/C69H128O6/c1-4-7-10-13-16-19-22-24-26-28-30-31-32-33-34-35-36-37-38-39-41-42-44-47-50-53-56-59-62-68(71)74-65-66(64-73-67(70)61-58-55-52-49-46-21-18-15-12-9-6-3)75-69(72)63-60-57-54-51-48-45-43-40-29-27-25-23-20-17-14-11-8-5-2/h15,18,20,23,27,29,66H,4-14,16-17,19,21-22,24-26,28,30-65H2,1-3H3/b18-15-,23-20-,29-27-. The van der Waals surface area contributed by atoms with Crippen LogP contribution in [-0.2, 0) is 28.6 Å². The summed E-state index contributed by atoms with van der Waals surface area (Å²) in [5.74, 6) is -0.870. The van der Waals surface area contributed by atoms with Crippen molar-refractivity contribution in [3.05, 3.63) is 36.5 Å². The van der Waals surface area contributed by atoms with Crippen LogP contribution in [0.4, 0.5) is 0 Å². The van der Waals surface area contributed by atoms with E-state index in [-0.39, 0.29) is 31.1 Å². The Morgan fingerprint density at radius 2 is 0.493 bits per heavy atom. The summed E-state index contributed by atoms with van der Waals surface area (Å²) in [6.07, 6.45) is 78.9. The van der Waals surface area contributed by atoms with Gasteiger partial charge in [-0.1, -0.05) is 314 Å². The van der Waals surface area contributed by atoms with Crippen LogP contribution in [0, 0.1) is 0 Å². The topological polar surface area (TPSA) is 78.9 Å². The fourth-order valence-corrected chi connectivity index (χ4v) is 10.0. The molecule has 6 heteroatoms. The molecule has 1 atom stereocenters. The van der Waals surface area contributed by atoms with Crippen LogP contribution in [0.25, 0.3) is 0 Å². The summed E-state index contributed by atoms with van der Waals surface area (Å²) < 4.78 is 16.9. The van der Waals surface area contributed by atoms with Crippen molar-refractivity contribution in [1.82, 2.24) is 0 Å². The van der Waals surface area contributed by atoms with Gasteiger partial charge in [0, 0.05) is 19.3 Å². The number of carbonyl (C=O) groups is 3. The highest BCUT2D eigenvalue weighted by Gasteiger charge is 2.19. The van der Waals surface area contributed by atoms with Crippen molar-refractivity contribution in [2.75, 3.05) is 13.2 Å². The van der Waals surface area contributed by atoms with E-state index in [0.717, 1.165) is 77.0 Å². The van der Waals surface area contributed by atoms with Crippen molar-refractivity contribution in [2.24, 2.45) is 0 Å². The SMILES string of the molecule is CCCC/C=C\CCCCCCCC(=O)OCC(COC(=O)CCCCCCCCCCCCCCCCCCCCCCCCCCCCCC)OC(=O)CCCCCCCCC/C=C\C/C=C\CCCCCC. The summed E-state index contributed by atoms with van der Waals surface area (Å²) in [5, 5.41) is 0. The molecule has 0 saturated carbocycles. The largest absolute Gasteiger partial charge is 0.462 e. The smallest absolute Gasteiger partial charge is 0.306 e. The van der Waals surface area contributed by atoms with Gasteiger partial charge < -0.3 is 14.2 Å². The number of ether oxygens (including phenoxy) is 3. The second-order valence-electron chi connectivity index (χ2n) is 22.7. The fourth-order valence-electron chi connectivity index (χ4n) is 10.0. The van der Waals surface area contributed by atoms with Gasteiger partial charge in [-0.15, -0.1) is 0 Å². The minimum Gasteiger partial charge on any atom is -0.462 e. The molecule has 0 aliphatic carbocycles. The Morgan fingerprint density at radius 1 is 0.267 bits per heavy atom. The fraction of sp³-hybridized carbons (Fsp3) is 0.870. The molecule has 0 saturated heterocycles. The third-order valence-electron chi connectivity index (χ3n) is 15.1. The van der Waals surface area contributed by atoms with Crippen molar-refractivity contribution in [2.45, 2.75) is 374 Å². The predicted octanol–water partition coefficient (Wildman–Crippen LogP) is 22.8. The molecule has 440 valence electrons. The van der Waals surface area contributed by atoms with Gasteiger partial charge in [-0.2, -0.15) is 0 Å². The molecule has 0 radical (unpaired) electrons. The van der Waals surface area contributed by atoms with Crippen molar-refractivity contribution in [3.63, 3.8) is 0 Å². The van der Waals surface area contributed by atoms with E-state index in [2.05, 4.69) is 57.2 Å². The first-order valence-electron chi connectivity index (χ1n) is 33.5. The lowest BCUT2D eigenvalue weighted by Gasteiger charge is -2.18. The van der Waals surface area contributed by atoms with Crippen molar-refractivity contribution >= 4 is 17.9 Å². The Kier molecular flexibility index (Phi) is 62.1. The third-order valence-corrected chi connectivity index (χ3v) is 15.1. The molecule has 75 heavy (non-hydrogen) atoms. The lowest BCUT2D eigenvalue weighted by Crippen LogP contribution is -2.30. The maximum absolute atomic E-state index is 12.9. The number of hydrogen-bond acceptors (Lipinski definition) is 6. The molecule has 0 aliphatic rings. The molecule has 0 aromatic heterocycles. The van der Waals surface area contributed by atoms with Gasteiger partial charge in [-0.25, -0.2) is 0 Å². The summed E-state index contributed by atoms with van der Waals surface area (Å²) in [6, 6.07) is 0. The van der Waals surface area contributed by atoms with Gasteiger partial charge in [-0.05, 0) is 70.6 Å². The summed E-state index contributed by atoms with van der Waals surface area (Å²) in [6.45, 7) is 6.63. The highest BCUT2D eigenvalue weighted by atomic mass is 16.6. The number of unbranched alkanes of at least 4 members (excludes halogenated alkanes) is 45. The average molecular weight is 1050 g/mol. The molecule has 0 heterocycles. The number of hydrogen-bond donors (Lipinski definition) is 0. The third kappa shape index (κ3) is 62.4. The minimum atomic E-state index is -0.778. The monoisotopic (exact) mass is 1050 g/mol. The van der Waals surface area contributed by atoms with E-state index < -0.39 is 6.10 Å². The van der Waals surface area contributed by atoms with Gasteiger partial charge in [-0.3, -0.25) is 14.4 Å². The Labute approximate surface area is 467 Å². The van der Waals surface area contributed by atoms with Crippen LogP contribution in [0.2, 0.25) is 0 Å². The number of carbonyl (C=O) groups excluding carboxylic acids is 3. The molecule has 0 aromatic rings. The van der Waals surface area contributed by atoms with E-state index in [9.17, 15) is 14.4 Å². The van der Waals surface area contributed by atoms with Crippen LogP contribution in [-0.4, -0.2) is 37.2 Å². The zero-order valence-electron chi connectivity index (χ0n) is 50.6. The van der Waals surface area contributed by atoms with E-state index in [4.69, 9.17) is 14.2 Å². The number of allylic oxidation sites excluding steroid dienone is 6. The Hall–Kier alpha value is -2.37. The quantitative estimate of drug-likeness (QED) is 0.0261. The van der Waals surface area contributed by atoms with E-state index in [0.29, 0.717) is 19.3 Å². The summed E-state index contributed by atoms with van der Waals surface area (Å²) in [5.41, 5.74) is 0. The van der Waals surface area contributed by atoms with E-state index in [1.807, 2.05) is 0 Å². The van der Waals surface area contributed by atoms with Crippen LogP contribution >= 0.6 is 0 Å². The predicted molar refractivity (Wildman–Crippen MR) is 326 cm³/mol. The van der Waals surface area contributed by atoms with Gasteiger partial charge in [0.2, 0.25) is 0 Å². The first kappa shape index (κ1) is 72.6. The van der Waals surface area contributed by atoms with Crippen LogP contribution in [0.1, 0.15) is 367 Å². The molecule has 0 bridgehead atoms. The first-order valence-corrected chi connectivity index (χ1v) is 33.5. The van der Waals surface area contributed by atoms with Gasteiger partial charge >= 0.3 is 17.9 Å². The summed E-state index contributed by atoms with van der Waals surface area (Å²) >= 11 is 0. The van der Waals surface area contributed by atoms with Crippen molar-refractivity contribution in [1.29, 1.82) is 0 Å². The summed E-state index contributed by atoms with van der Waals surface area (Å²) in [4.78, 5) is 38.3. The van der Waals surface area contributed by atoms with Gasteiger partial charge in [0.15, 0.2) is 6.10 Å². The average Bonchev–Trinajstić information content (AvgIpc) is 3.41. The van der Waals surface area contributed by atoms with Gasteiger partial charge in [0.1, 0.15) is 13.2 Å². The van der Waals surface area contributed by atoms with Crippen LogP contribution in [0.5, 0.6) is 0 Å². The second kappa shape index (κ2) is 64.2. The summed E-state index contributed by atoms with van der Waals surface area (Å²) in [7, 11) is 0. The zero-order valence-corrected chi connectivity index (χ0v) is 50.6. The first-order chi connectivity index (χ1) is 37.0. The highest BCUT2D eigenvalue weighted by Crippen LogP contribution is 2.18. The highest BCUT2D eigenvalue weighted by molar-refractivity contribution is 5.71. The molecule has 0 N–H and O–H groups in total. The Morgan fingerprint density at radius 3 is 0.800 bits per heavy atom. The number of rotatable bonds is 62. The van der Waals surface area contributed by atoms with Crippen molar-refractivity contribution < 1.29 is 28.6 Å². The molecule has 0 amide bonds. The lowest BCUT2D eigenvalue weighted by atomic mass is 10.0. The Balaban J connectivity index is 4.15. The molecule has 6 nitrogen and oxygen atoms in total. The van der Waals surface area contributed by atoms with Gasteiger partial charge in [0.25, 0.3) is 0 Å². The minimum absolute atomic E-state index is 0.0741. The lowest BCUT2D eigenvalue weighted by molar-refractivity contribution is -0.167. The molecule has 0 spiro atoms. The van der Waals surface area contributed by atoms with E-state index in [1.165, 1.54) is 250 Å². The second-order valence-corrected chi connectivity index (χ2v) is 22.7. The maximum Gasteiger partial charge on any atom is 0.306 e. The number of esters is 3. The molecular formula is C69H128O6. The Bertz CT molecular complexity index is 1250. The molecule has 0 aliphatic heterocycles. The van der Waals surface area contributed by atoms with E-state index in [1.54, 1.807) is 0 Å². The van der Waals surface area contributed by atoms with Crippen LogP contribution in [0.15, 0.2) is 36.5 Å². The van der Waals surface area contributed by atoms with Crippen molar-refractivity contribution in [3.8, 4) is 0 Å². The zero-order chi connectivity index (χ0) is 54.3. The molecule has 0 aromatic carbocycles. The maximum atomic E-state index is 12.9. The van der Waals surface area contributed by atoms with Crippen LogP contribution < -0.4 is 0 Å². The molecule has 0 rings (SSSR count). The van der Waals surface area contributed by atoms with E-state index >= 15 is 0 Å². The van der Waals surface area contributed by atoms with Gasteiger partial charge in [0.05, 0.1) is 0 Å². The van der Waals surface area contributed by atoms with Crippen LogP contribution in [0.3, 0.4) is 0 Å². The molecule has 0 fully saturated rings. The molecular weight excluding hydrogens is 925 g/mol.